The number of rotatable bonds is 74. The van der Waals surface area contributed by atoms with Gasteiger partial charge in [0.1, 0.15) is 19.3 Å². The SMILES string of the molecule is CCCCCCCCCCCCCCCCCCCCC(=O)O[C@H](COC(=O)CCCCCCCCCCCCCCCCC(C)C)COP(=O)(O)OC[C@@H](O)COP(=O)(O)OC[C@@H](COC(=O)CCCCCCCCCCC)OC(=O)CCCCCCCCC(C)CC. The van der Waals surface area contributed by atoms with Crippen molar-refractivity contribution < 1.29 is 80.2 Å². The zero-order valence-electron chi connectivity index (χ0n) is 61.3. The fourth-order valence-electron chi connectivity index (χ4n) is 11.4. The molecule has 3 unspecified atom stereocenters. The van der Waals surface area contributed by atoms with Crippen molar-refractivity contribution >= 4 is 39.5 Å². The average Bonchev–Trinajstić information content (AvgIpc) is 1.63. The quantitative estimate of drug-likeness (QED) is 0.0222. The van der Waals surface area contributed by atoms with Crippen LogP contribution in [-0.4, -0.2) is 96.7 Å². The van der Waals surface area contributed by atoms with Crippen LogP contribution in [0.1, 0.15) is 388 Å². The van der Waals surface area contributed by atoms with Crippen LogP contribution in [0.2, 0.25) is 0 Å². The minimum Gasteiger partial charge on any atom is -0.462 e. The Labute approximate surface area is 575 Å². The highest BCUT2D eigenvalue weighted by Crippen LogP contribution is 2.45. The van der Waals surface area contributed by atoms with Crippen LogP contribution in [0.5, 0.6) is 0 Å². The number of ether oxygens (including phenoxy) is 4. The number of aliphatic hydroxyl groups excluding tert-OH is 1. The number of hydrogen-bond acceptors (Lipinski definition) is 15. The van der Waals surface area contributed by atoms with Crippen molar-refractivity contribution in [1.82, 2.24) is 0 Å². The molecular weight excluding hydrogens is 1230 g/mol. The van der Waals surface area contributed by atoms with Crippen LogP contribution < -0.4 is 0 Å². The number of carbonyl (C=O) groups is 4. The van der Waals surface area contributed by atoms with E-state index in [4.69, 9.17) is 37.0 Å². The monoisotopic (exact) mass is 1380 g/mol. The van der Waals surface area contributed by atoms with Crippen molar-refractivity contribution in [2.24, 2.45) is 11.8 Å². The second-order valence-corrected chi connectivity index (χ2v) is 30.7. The molecule has 0 aliphatic rings. The first-order valence-electron chi connectivity index (χ1n) is 39.0. The Kier molecular flexibility index (Phi) is 65.5. The summed E-state index contributed by atoms with van der Waals surface area (Å²) in [5.41, 5.74) is 0. The molecular formula is C75H146O17P2. The van der Waals surface area contributed by atoms with Gasteiger partial charge in [0, 0.05) is 25.7 Å². The third-order valence-electron chi connectivity index (χ3n) is 17.8. The summed E-state index contributed by atoms with van der Waals surface area (Å²) in [4.78, 5) is 72.7. The van der Waals surface area contributed by atoms with Gasteiger partial charge in [0.25, 0.3) is 0 Å². The van der Waals surface area contributed by atoms with Gasteiger partial charge in [-0.25, -0.2) is 9.13 Å². The van der Waals surface area contributed by atoms with Gasteiger partial charge in [0.05, 0.1) is 26.4 Å². The van der Waals surface area contributed by atoms with E-state index in [-0.39, 0.29) is 25.7 Å². The molecule has 558 valence electrons. The molecule has 0 fully saturated rings. The van der Waals surface area contributed by atoms with Gasteiger partial charge >= 0.3 is 39.5 Å². The largest absolute Gasteiger partial charge is 0.472 e. The molecule has 17 nitrogen and oxygen atoms in total. The van der Waals surface area contributed by atoms with Crippen molar-refractivity contribution in [3.05, 3.63) is 0 Å². The summed E-state index contributed by atoms with van der Waals surface area (Å²) >= 11 is 0. The molecule has 0 aliphatic carbocycles. The van der Waals surface area contributed by atoms with Gasteiger partial charge in [-0.1, -0.05) is 337 Å². The molecule has 0 aromatic rings. The summed E-state index contributed by atoms with van der Waals surface area (Å²) in [7, 11) is -9.91. The molecule has 0 radical (unpaired) electrons. The lowest BCUT2D eigenvalue weighted by Crippen LogP contribution is -2.30. The molecule has 0 aromatic heterocycles. The second-order valence-electron chi connectivity index (χ2n) is 27.8. The molecule has 3 N–H and O–H groups in total. The molecule has 0 aromatic carbocycles. The van der Waals surface area contributed by atoms with Crippen LogP contribution in [0.4, 0.5) is 0 Å². The molecule has 0 saturated carbocycles. The Hall–Kier alpha value is -1.94. The highest BCUT2D eigenvalue weighted by Gasteiger charge is 2.30. The average molecular weight is 1380 g/mol. The van der Waals surface area contributed by atoms with Gasteiger partial charge in [-0.15, -0.1) is 0 Å². The van der Waals surface area contributed by atoms with Crippen LogP contribution in [-0.2, 0) is 65.4 Å². The van der Waals surface area contributed by atoms with Gasteiger partial charge in [0.2, 0.25) is 0 Å². The molecule has 0 spiro atoms. The summed E-state index contributed by atoms with van der Waals surface area (Å²) in [6.45, 7) is 9.55. The van der Waals surface area contributed by atoms with E-state index in [0.717, 1.165) is 102 Å². The van der Waals surface area contributed by atoms with E-state index in [1.807, 2.05) is 0 Å². The lowest BCUT2D eigenvalue weighted by atomic mass is 10.00. The van der Waals surface area contributed by atoms with Crippen LogP contribution >= 0.6 is 15.6 Å². The predicted molar refractivity (Wildman–Crippen MR) is 381 cm³/mol. The van der Waals surface area contributed by atoms with Crippen molar-refractivity contribution in [3.63, 3.8) is 0 Å². The van der Waals surface area contributed by atoms with E-state index in [2.05, 4.69) is 41.5 Å². The summed E-state index contributed by atoms with van der Waals surface area (Å²) in [6, 6.07) is 0. The molecule has 0 heterocycles. The molecule has 0 bridgehead atoms. The maximum Gasteiger partial charge on any atom is 0.472 e. The summed E-state index contributed by atoms with van der Waals surface area (Å²) < 4.78 is 68.4. The zero-order valence-corrected chi connectivity index (χ0v) is 63.1. The van der Waals surface area contributed by atoms with Gasteiger partial charge in [-0.2, -0.15) is 0 Å². The highest BCUT2D eigenvalue weighted by atomic mass is 31.2. The van der Waals surface area contributed by atoms with Crippen molar-refractivity contribution in [3.8, 4) is 0 Å². The maximum atomic E-state index is 13.1. The normalized spacial score (nSPS) is 14.3. The third-order valence-corrected chi connectivity index (χ3v) is 19.7. The van der Waals surface area contributed by atoms with Gasteiger partial charge in [-0.05, 0) is 37.5 Å². The number of hydrogen-bond donors (Lipinski definition) is 3. The van der Waals surface area contributed by atoms with E-state index in [1.54, 1.807) is 0 Å². The Morgan fingerprint density at radius 1 is 0.309 bits per heavy atom. The minimum absolute atomic E-state index is 0.103. The fraction of sp³-hybridized carbons (Fsp3) is 0.947. The summed E-state index contributed by atoms with van der Waals surface area (Å²) in [5, 5.41) is 10.6. The number of phosphoric acid groups is 2. The van der Waals surface area contributed by atoms with E-state index in [0.29, 0.717) is 25.7 Å². The lowest BCUT2D eigenvalue weighted by Gasteiger charge is -2.21. The van der Waals surface area contributed by atoms with Gasteiger partial charge in [0.15, 0.2) is 12.2 Å². The van der Waals surface area contributed by atoms with Crippen LogP contribution in [0.3, 0.4) is 0 Å². The fourth-order valence-corrected chi connectivity index (χ4v) is 13.0. The Morgan fingerprint density at radius 3 is 0.809 bits per heavy atom. The Bertz CT molecular complexity index is 1820. The zero-order chi connectivity index (χ0) is 69.3. The summed E-state index contributed by atoms with van der Waals surface area (Å²) in [5.74, 6) is -0.601. The standard InChI is InChI=1S/C75H146O17P2/c1-7-10-12-14-16-18-19-20-21-22-23-24-29-32-36-40-47-53-59-74(79)91-70(63-86-73(78)58-52-46-39-35-31-28-26-25-27-30-34-37-43-49-55-67(4)5)65-89-93(81,82)87-61-69(76)62-88-94(83,84)90-66-71(64-85-72(77)57-51-45-38-33-17-15-13-11-8-2)92-75(80)60-54-48-42-41-44-50-56-68(6)9-3/h67-71,76H,7-66H2,1-6H3,(H,81,82)(H,83,84)/t68?,69-,70-,71-/m1/s1. The Morgan fingerprint density at radius 2 is 0.543 bits per heavy atom. The van der Waals surface area contributed by atoms with Crippen molar-refractivity contribution in [2.75, 3.05) is 39.6 Å². The molecule has 0 saturated heterocycles. The molecule has 19 heteroatoms. The van der Waals surface area contributed by atoms with E-state index in [9.17, 15) is 43.2 Å². The topological polar surface area (TPSA) is 237 Å². The molecule has 0 amide bonds. The van der Waals surface area contributed by atoms with Gasteiger partial charge in [-0.3, -0.25) is 37.3 Å². The lowest BCUT2D eigenvalue weighted by molar-refractivity contribution is -0.161. The van der Waals surface area contributed by atoms with Gasteiger partial charge < -0.3 is 33.8 Å². The predicted octanol–water partition coefficient (Wildman–Crippen LogP) is 21.9. The highest BCUT2D eigenvalue weighted by molar-refractivity contribution is 7.47. The molecule has 0 aliphatic heterocycles. The minimum atomic E-state index is -4.96. The molecule has 94 heavy (non-hydrogen) atoms. The van der Waals surface area contributed by atoms with Crippen LogP contribution in [0.15, 0.2) is 0 Å². The molecule has 6 atom stereocenters. The third kappa shape index (κ3) is 67.3. The number of phosphoric ester groups is 2. The number of esters is 4. The molecule has 0 rings (SSSR count). The first kappa shape index (κ1) is 92.1. The first-order chi connectivity index (χ1) is 45.4. The Balaban J connectivity index is 5.21. The second kappa shape index (κ2) is 66.9. The van der Waals surface area contributed by atoms with Crippen LogP contribution in [0.25, 0.3) is 0 Å². The van der Waals surface area contributed by atoms with E-state index < -0.39 is 97.5 Å². The smallest absolute Gasteiger partial charge is 0.462 e. The number of unbranched alkanes of at least 4 members (excludes halogenated alkanes) is 43. The van der Waals surface area contributed by atoms with Crippen molar-refractivity contribution in [1.29, 1.82) is 0 Å². The maximum absolute atomic E-state index is 13.1. The van der Waals surface area contributed by atoms with Crippen molar-refractivity contribution in [2.45, 2.75) is 407 Å². The summed E-state index contributed by atoms with van der Waals surface area (Å²) in [6.07, 6.45) is 54.2. The number of carbonyl (C=O) groups excluding carboxylic acids is 4. The van der Waals surface area contributed by atoms with E-state index in [1.165, 1.54) is 205 Å². The first-order valence-corrected chi connectivity index (χ1v) is 42.0. The number of aliphatic hydroxyl groups is 1. The van der Waals surface area contributed by atoms with E-state index >= 15 is 0 Å². The van der Waals surface area contributed by atoms with Crippen LogP contribution in [0, 0.1) is 11.8 Å².